The molecule has 0 rings (SSSR count). The lowest BCUT2D eigenvalue weighted by molar-refractivity contribution is -0.352. The van der Waals surface area contributed by atoms with Crippen molar-refractivity contribution in [1.82, 2.24) is 0 Å². The fourth-order valence-electron chi connectivity index (χ4n) is 0.544. The van der Waals surface area contributed by atoms with Crippen LogP contribution in [0, 0.1) is 0 Å². The van der Waals surface area contributed by atoms with Crippen molar-refractivity contribution in [3.63, 3.8) is 0 Å². The van der Waals surface area contributed by atoms with Crippen molar-refractivity contribution in [2.24, 2.45) is 0 Å². The van der Waals surface area contributed by atoms with E-state index in [1.165, 1.54) is 0 Å². The molecule has 0 radical (unpaired) electrons. The lowest BCUT2D eigenvalue weighted by atomic mass is 10.3. The predicted molar refractivity (Wildman–Crippen MR) is 41.8 cm³/mol. The molecule has 0 aromatic heterocycles. The predicted octanol–water partition coefficient (Wildman–Crippen LogP) is -1.59. The Hall–Kier alpha value is -1.18. The van der Waals surface area contributed by atoms with Gasteiger partial charge in [-0.25, -0.2) is 0 Å². The molecule has 0 aliphatic heterocycles. The number of aliphatic hydroxyl groups is 3. The van der Waals surface area contributed by atoms with Gasteiger partial charge in [-0.1, -0.05) is 0 Å². The Bertz CT molecular complexity index is 217. The van der Waals surface area contributed by atoms with Crippen LogP contribution in [0.3, 0.4) is 0 Å². The SMILES string of the molecule is CC(OC(=O)CCC(=O)O)C(O)(O)O. The molecule has 0 aliphatic carbocycles. The molecule has 0 amide bonds. The van der Waals surface area contributed by atoms with Gasteiger partial charge in [0.05, 0.1) is 12.8 Å². The molecule has 0 heterocycles. The maximum absolute atomic E-state index is 10.8. The molecule has 14 heavy (non-hydrogen) atoms. The van der Waals surface area contributed by atoms with Crippen LogP contribution < -0.4 is 0 Å². The van der Waals surface area contributed by atoms with Crippen LogP contribution in [-0.2, 0) is 14.3 Å². The molecular formula is C7H12O7. The van der Waals surface area contributed by atoms with Gasteiger partial charge in [0.25, 0.3) is 0 Å². The van der Waals surface area contributed by atoms with Gasteiger partial charge >= 0.3 is 17.9 Å². The summed E-state index contributed by atoms with van der Waals surface area (Å²) in [7, 11) is 0. The van der Waals surface area contributed by atoms with E-state index in [9.17, 15) is 9.59 Å². The van der Waals surface area contributed by atoms with Gasteiger partial charge in [0, 0.05) is 0 Å². The first kappa shape index (κ1) is 12.8. The van der Waals surface area contributed by atoms with Crippen molar-refractivity contribution in [2.75, 3.05) is 0 Å². The molecule has 1 atom stereocenters. The average Bonchev–Trinajstić information content (AvgIpc) is 1.99. The van der Waals surface area contributed by atoms with Gasteiger partial charge in [0.15, 0.2) is 6.10 Å². The second-order valence-electron chi connectivity index (χ2n) is 2.71. The summed E-state index contributed by atoms with van der Waals surface area (Å²) in [5, 5.41) is 33.8. The van der Waals surface area contributed by atoms with Crippen LogP contribution in [0.25, 0.3) is 0 Å². The second-order valence-corrected chi connectivity index (χ2v) is 2.71. The molecule has 0 aromatic rings. The minimum absolute atomic E-state index is 0.393. The van der Waals surface area contributed by atoms with E-state index < -0.39 is 36.9 Å². The van der Waals surface area contributed by atoms with Crippen LogP contribution in [0.1, 0.15) is 19.8 Å². The fourth-order valence-corrected chi connectivity index (χ4v) is 0.544. The van der Waals surface area contributed by atoms with Gasteiger partial charge in [-0.3, -0.25) is 9.59 Å². The third kappa shape index (κ3) is 5.46. The van der Waals surface area contributed by atoms with Gasteiger partial charge in [0.1, 0.15) is 0 Å². The van der Waals surface area contributed by atoms with Crippen molar-refractivity contribution in [1.29, 1.82) is 0 Å². The Labute approximate surface area is 79.5 Å². The first-order chi connectivity index (χ1) is 6.23. The minimum atomic E-state index is -3.11. The number of hydrogen-bond donors (Lipinski definition) is 4. The summed E-state index contributed by atoms with van der Waals surface area (Å²) in [6.07, 6.45) is -2.35. The molecular weight excluding hydrogens is 196 g/mol. The number of carbonyl (C=O) groups excluding carboxylic acids is 1. The highest BCUT2D eigenvalue weighted by molar-refractivity contribution is 5.76. The van der Waals surface area contributed by atoms with Crippen LogP contribution in [0.15, 0.2) is 0 Å². The maximum atomic E-state index is 10.8. The summed E-state index contributed by atoms with van der Waals surface area (Å²) in [4.78, 5) is 20.8. The number of carbonyl (C=O) groups is 2. The zero-order valence-corrected chi connectivity index (χ0v) is 7.51. The third-order valence-corrected chi connectivity index (χ3v) is 1.40. The van der Waals surface area contributed by atoms with Gasteiger partial charge in [-0.15, -0.1) is 0 Å². The molecule has 1 unspecified atom stereocenters. The molecule has 7 heteroatoms. The molecule has 0 aliphatic rings. The standard InChI is InChI=1S/C7H12O7/c1-4(7(11,12)13)14-6(10)3-2-5(8)9/h4,11-13H,2-3H2,1H3,(H,8,9). The minimum Gasteiger partial charge on any atom is -0.481 e. The quantitative estimate of drug-likeness (QED) is 0.317. The van der Waals surface area contributed by atoms with E-state index in [4.69, 9.17) is 20.4 Å². The van der Waals surface area contributed by atoms with E-state index in [2.05, 4.69) is 4.74 Å². The van der Waals surface area contributed by atoms with Gasteiger partial charge in [0.2, 0.25) is 0 Å². The van der Waals surface area contributed by atoms with Crippen molar-refractivity contribution < 1.29 is 34.8 Å². The molecule has 0 bridgehead atoms. The first-order valence-corrected chi connectivity index (χ1v) is 3.82. The lowest BCUT2D eigenvalue weighted by Crippen LogP contribution is -2.42. The number of hydrogen-bond acceptors (Lipinski definition) is 6. The Morgan fingerprint density at radius 3 is 2.14 bits per heavy atom. The second kappa shape index (κ2) is 4.89. The number of rotatable bonds is 5. The van der Waals surface area contributed by atoms with E-state index in [-0.39, 0.29) is 0 Å². The van der Waals surface area contributed by atoms with Gasteiger partial charge in [-0.05, 0) is 6.92 Å². The van der Waals surface area contributed by atoms with Crippen molar-refractivity contribution >= 4 is 11.9 Å². The number of carboxylic acids is 1. The van der Waals surface area contributed by atoms with Crippen LogP contribution in [0.4, 0.5) is 0 Å². The highest BCUT2D eigenvalue weighted by Gasteiger charge is 2.31. The average molecular weight is 208 g/mol. The molecule has 0 spiro atoms. The zero-order valence-electron chi connectivity index (χ0n) is 7.51. The fraction of sp³-hybridized carbons (Fsp3) is 0.714. The van der Waals surface area contributed by atoms with Gasteiger partial charge < -0.3 is 25.2 Å². The van der Waals surface area contributed by atoms with Crippen LogP contribution in [0.2, 0.25) is 0 Å². The normalized spacial score (nSPS) is 13.4. The summed E-state index contributed by atoms with van der Waals surface area (Å²) in [6.45, 7) is 1.05. The number of aliphatic carboxylic acids is 1. The van der Waals surface area contributed by atoms with E-state index in [0.717, 1.165) is 6.92 Å². The Morgan fingerprint density at radius 1 is 1.29 bits per heavy atom. The lowest BCUT2D eigenvalue weighted by Gasteiger charge is -2.21. The topological polar surface area (TPSA) is 124 Å². The van der Waals surface area contributed by atoms with Crippen LogP contribution >= 0.6 is 0 Å². The summed E-state index contributed by atoms with van der Waals surface area (Å²) >= 11 is 0. The highest BCUT2D eigenvalue weighted by Crippen LogP contribution is 2.07. The van der Waals surface area contributed by atoms with E-state index in [0.29, 0.717) is 0 Å². The first-order valence-electron chi connectivity index (χ1n) is 3.82. The highest BCUT2D eigenvalue weighted by atomic mass is 16.7. The van der Waals surface area contributed by atoms with Gasteiger partial charge in [-0.2, -0.15) is 0 Å². The summed E-state index contributed by atoms with van der Waals surface area (Å²) in [5.74, 6) is -5.21. The number of ether oxygens (including phenoxy) is 1. The molecule has 0 fully saturated rings. The van der Waals surface area contributed by atoms with Crippen molar-refractivity contribution in [3.05, 3.63) is 0 Å². The summed E-state index contributed by atoms with van der Waals surface area (Å²) in [6, 6.07) is 0. The maximum Gasteiger partial charge on any atom is 0.314 e. The summed E-state index contributed by atoms with van der Waals surface area (Å²) in [5.41, 5.74) is 0. The number of carboxylic acid groups (broad SMARTS) is 1. The number of esters is 1. The van der Waals surface area contributed by atoms with Crippen LogP contribution in [0.5, 0.6) is 0 Å². The molecule has 4 N–H and O–H groups in total. The summed E-state index contributed by atoms with van der Waals surface area (Å²) < 4.78 is 4.31. The van der Waals surface area contributed by atoms with Crippen LogP contribution in [-0.4, -0.2) is 44.4 Å². The Kier molecular flexibility index (Phi) is 4.48. The Balaban J connectivity index is 3.89. The molecule has 0 aromatic carbocycles. The Morgan fingerprint density at radius 2 is 1.79 bits per heavy atom. The monoisotopic (exact) mass is 208 g/mol. The van der Waals surface area contributed by atoms with E-state index in [1.807, 2.05) is 0 Å². The molecule has 0 saturated heterocycles. The van der Waals surface area contributed by atoms with E-state index >= 15 is 0 Å². The molecule has 82 valence electrons. The largest absolute Gasteiger partial charge is 0.481 e. The van der Waals surface area contributed by atoms with Crippen molar-refractivity contribution in [2.45, 2.75) is 31.8 Å². The molecule has 7 nitrogen and oxygen atoms in total. The smallest absolute Gasteiger partial charge is 0.314 e. The third-order valence-electron chi connectivity index (χ3n) is 1.40. The molecule has 0 saturated carbocycles. The zero-order chi connectivity index (χ0) is 11.4. The van der Waals surface area contributed by atoms with E-state index in [1.54, 1.807) is 0 Å². The van der Waals surface area contributed by atoms with Crippen molar-refractivity contribution in [3.8, 4) is 0 Å².